The Kier molecular flexibility index (Phi) is 4.77. The third-order valence-electron chi connectivity index (χ3n) is 5.60. The second-order valence-corrected chi connectivity index (χ2v) is 8.21. The fourth-order valence-electron chi connectivity index (χ4n) is 3.87. The molecule has 1 amide bonds. The Bertz CT molecular complexity index is 1140. The van der Waals surface area contributed by atoms with E-state index in [4.69, 9.17) is 14.2 Å². The Morgan fingerprint density at radius 1 is 1.03 bits per heavy atom. The average Bonchev–Trinajstić information content (AvgIpc) is 3.45. The SMILES string of the molecule is CC(C)Oc1cccc(-c2cccc(NC(=O)C3(c4ccc5c(c4)OCO5)CC3)n2)c1. The molecule has 1 fully saturated rings. The summed E-state index contributed by atoms with van der Waals surface area (Å²) in [4.78, 5) is 17.8. The summed E-state index contributed by atoms with van der Waals surface area (Å²) in [6, 6.07) is 19.2. The molecule has 6 heteroatoms. The molecule has 0 unspecified atom stereocenters. The second-order valence-electron chi connectivity index (χ2n) is 8.21. The highest BCUT2D eigenvalue weighted by atomic mass is 16.7. The van der Waals surface area contributed by atoms with Crippen LogP contribution in [-0.4, -0.2) is 23.8 Å². The number of nitrogens with one attached hydrogen (secondary N) is 1. The Labute approximate surface area is 181 Å². The summed E-state index contributed by atoms with van der Waals surface area (Å²) in [6.45, 7) is 4.21. The number of fused-ring (bicyclic) bond motifs is 1. The predicted molar refractivity (Wildman–Crippen MR) is 118 cm³/mol. The van der Waals surface area contributed by atoms with Crippen molar-refractivity contribution in [2.75, 3.05) is 12.1 Å². The lowest BCUT2D eigenvalue weighted by Gasteiger charge is -2.16. The lowest BCUT2D eigenvalue weighted by Crippen LogP contribution is -2.28. The van der Waals surface area contributed by atoms with Crippen LogP contribution in [0.15, 0.2) is 60.7 Å². The van der Waals surface area contributed by atoms with Crippen molar-refractivity contribution < 1.29 is 19.0 Å². The number of anilines is 1. The van der Waals surface area contributed by atoms with Crippen molar-refractivity contribution in [3.63, 3.8) is 0 Å². The number of ether oxygens (including phenoxy) is 3. The van der Waals surface area contributed by atoms with Crippen molar-refractivity contribution in [1.82, 2.24) is 4.98 Å². The number of aromatic nitrogens is 1. The van der Waals surface area contributed by atoms with Gasteiger partial charge in [-0.05, 0) is 68.7 Å². The first-order chi connectivity index (χ1) is 15.0. The molecule has 0 radical (unpaired) electrons. The van der Waals surface area contributed by atoms with Gasteiger partial charge in [0, 0.05) is 5.56 Å². The van der Waals surface area contributed by atoms with Gasteiger partial charge in [0.15, 0.2) is 11.5 Å². The van der Waals surface area contributed by atoms with Crippen LogP contribution in [0.1, 0.15) is 32.3 Å². The van der Waals surface area contributed by atoms with E-state index < -0.39 is 5.41 Å². The predicted octanol–water partition coefficient (Wildman–Crippen LogP) is 4.93. The Morgan fingerprint density at radius 2 is 1.84 bits per heavy atom. The first-order valence-corrected chi connectivity index (χ1v) is 10.5. The molecule has 158 valence electrons. The van der Waals surface area contributed by atoms with Gasteiger partial charge < -0.3 is 19.5 Å². The topological polar surface area (TPSA) is 69.7 Å². The highest BCUT2D eigenvalue weighted by Gasteiger charge is 2.51. The van der Waals surface area contributed by atoms with E-state index in [0.29, 0.717) is 11.6 Å². The van der Waals surface area contributed by atoms with Gasteiger partial charge in [-0.1, -0.05) is 24.3 Å². The third kappa shape index (κ3) is 3.81. The van der Waals surface area contributed by atoms with Gasteiger partial charge in [-0.15, -0.1) is 0 Å². The molecule has 31 heavy (non-hydrogen) atoms. The molecule has 2 aliphatic rings. The van der Waals surface area contributed by atoms with Crippen LogP contribution < -0.4 is 19.5 Å². The monoisotopic (exact) mass is 416 g/mol. The van der Waals surface area contributed by atoms with Gasteiger partial charge in [-0.2, -0.15) is 0 Å². The smallest absolute Gasteiger partial charge is 0.236 e. The standard InChI is InChI=1S/C25H24N2O4/c1-16(2)31-19-6-3-5-17(13-19)20-7-4-8-23(26-20)27-24(28)25(11-12-25)18-9-10-21-22(14-18)30-15-29-21/h3-10,13-14,16H,11-12,15H2,1-2H3,(H,26,27,28). The van der Waals surface area contributed by atoms with Crippen LogP contribution in [0.4, 0.5) is 5.82 Å². The van der Waals surface area contributed by atoms with Gasteiger partial charge in [-0.25, -0.2) is 4.98 Å². The van der Waals surface area contributed by atoms with Crippen LogP contribution in [-0.2, 0) is 10.2 Å². The van der Waals surface area contributed by atoms with E-state index in [9.17, 15) is 4.79 Å². The minimum atomic E-state index is -0.538. The van der Waals surface area contributed by atoms with E-state index in [-0.39, 0.29) is 18.8 Å². The molecule has 1 N–H and O–H groups in total. The van der Waals surface area contributed by atoms with E-state index in [1.165, 1.54) is 0 Å². The number of hydrogen-bond donors (Lipinski definition) is 1. The molecule has 1 aliphatic heterocycles. The molecule has 1 aliphatic carbocycles. The van der Waals surface area contributed by atoms with Gasteiger partial charge in [0.1, 0.15) is 11.6 Å². The molecule has 2 aromatic carbocycles. The zero-order valence-corrected chi connectivity index (χ0v) is 17.6. The van der Waals surface area contributed by atoms with Crippen molar-refractivity contribution in [2.24, 2.45) is 0 Å². The summed E-state index contributed by atoms with van der Waals surface area (Å²) in [5.41, 5.74) is 2.12. The maximum Gasteiger partial charge on any atom is 0.236 e. The number of benzene rings is 2. The molecular formula is C25H24N2O4. The summed E-state index contributed by atoms with van der Waals surface area (Å²) in [5.74, 6) is 2.69. The normalized spacial score (nSPS) is 15.6. The first-order valence-electron chi connectivity index (χ1n) is 10.5. The largest absolute Gasteiger partial charge is 0.491 e. The van der Waals surface area contributed by atoms with Gasteiger partial charge >= 0.3 is 0 Å². The fourth-order valence-corrected chi connectivity index (χ4v) is 3.87. The minimum Gasteiger partial charge on any atom is -0.491 e. The Balaban J connectivity index is 1.36. The van der Waals surface area contributed by atoms with Crippen LogP contribution in [0, 0.1) is 0 Å². The van der Waals surface area contributed by atoms with Crippen molar-refractivity contribution in [2.45, 2.75) is 38.2 Å². The third-order valence-corrected chi connectivity index (χ3v) is 5.60. The molecule has 5 rings (SSSR count). The number of hydrogen-bond acceptors (Lipinski definition) is 5. The van der Waals surface area contributed by atoms with Gasteiger partial charge in [0.2, 0.25) is 12.7 Å². The van der Waals surface area contributed by atoms with Crippen molar-refractivity contribution >= 4 is 11.7 Å². The van der Waals surface area contributed by atoms with Crippen LogP contribution in [0.3, 0.4) is 0 Å². The van der Waals surface area contributed by atoms with E-state index in [2.05, 4.69) is 10.3 Å². The summed E-state index contributed by atoms with van der Waals surface area (Å²) in [5, 5.41) is 3.01. The lowest BCUT2D eigenvalue weighted by molar-refractivity contribution is -0.118. The lowest BCUT2D eigenvalue weighted by atomic mass is 9.94. The maximum absolute atomic E-state index is 13.2. The number of amides is 1. The minimum absolute atomic E-state index is 0.0482. The Morgan fingerprint density at radius 3 is 2.65 bits per heavy atom. The summed E-state index contributed by atoms with van der Waals surface area (Å²) in [7, 11) is 0. The van der Waals surface area contributed by atoms with Gasteiger partial charge in [-0.3, -0.25) is 4.79 Å². The number of pyridine rings is 1. The van der Waals surface area contributed by atoms with Gasteiger partial charge in [0.25, 0.3) is 0 Å². The fraction of sp³-hybridized carbons (Fsp3) is 0.280. The number of nitrogens with zero attached hydrogens (tertiary/aromatic N) is 1. The Hall–Kier alpha value is -3.54. The molecule has 0 atom stereocenters. The molecule has 2 heterocycles. The van der Waals surface area contributed by atoms with Crippen LogP contribution >= 0.6 is 0 Å². The van der Waals surface area contributed by atoms with Crippen molar-refractivity contribution in [3.8, 4) is 28.5 Å². The molecule has 1 saturated carbocycles. The van der Waals surface area contributed by atoms with E-state index >= 15 is 0 Å². The number of rotatable bonds is 6. The van der Waals surface area contributed by atoms with E-state index in [1.54, 1.807) is 0 Å². The van der Waals surface area contributed by atoms with Crippen molar-refractivity contribution in [3.05, 3.63) is 66.2 Å². The number of carbonyl (C=O) groups excluding carboxylic acids is 1. The molecular weight excluding hydrogens is 392 g/mol. The van der Waals surface area contributed by atoms with Gasteiger partial charge in [0.05, 0.1) is 17.2 Å². The maximum atomic E-state index is 13.2. The van der Waals surface area contributed by atoms with E-state index in [1.807, 2.05) is 74.5 Å². The molecule has 0 saturated heterocycles. The van der Waals surface area contributed by atoms with Crippen molar-refractivity contribution in [1.29, 1.82) is 0 Å². The number of carbonyl (C=O) groups is 1. The molecule has 0 spiro atoms. The molecule has 0 bridgehead atoms. The zero-order valence-electron chi connectivity index (χ0n) is 17.6. The zero-order chi connectivity index (χ0) is 21.4. The van der Waals surface area contributed by atoms with Crippen LogP contribution in [0.25, 0.3) is 11.3 Å². The highest BCUT2D eigenvalue weighted by Crippen LogP contribution is 2.51. The van der Waals surface area contributed by atoms with Crippen LogP contribution in [0.5, 0.6) is 17.2 Å². The average molecular weight is 416 g/mol. The summed E-state index contributed by atoms with van der Waals surface area (Å²) < 4.78 is 16.7. The molecule has 6 nitrogen and oxygen atoms in total. The summed E-state index contributed by atoms with van der Waals surface area (Å²) >= 11 is 0. The van der Waals surface area contributed by atoms with E-state index in [0.717, 1.165) is 41.2 Å². The quantitative estimate of drug-likeness (QED) is 0.617. The molecule has 3 aromatic rings. The second kappa shape index (κ2) is 7.61. The first kappa shape index (κ1) is 19.4. The highest BCUT2D eigenvalue weighted by molar-refractivity contribution is 6.01. The van der Waals surface area contributed by atoms with Crippen LogP contribution in [0.2, 0.25) is 0 Å². The molecule has 1 aromatic heterocycles. The summed E-state index contributed by atoms with van der Waals surface area (Å²) in [6.07, 6.45) is 1.69.